The smallest absolute Gasteiger partial charge is 0.305 e. The summed E-state index contributed by atoms with van der Waals surface area (Å²) in [6.45, 7) is 4.93. The maximum absolute atomic E-state index is 12.5. The summed E-state index contributed by atoms with van der Waals surface area (Å²) in [6, 6.07) is -0.635. The maximum Gasteiger partial charge on any atom is 0.305 e. The monoisotopic (exact) mass is 1190 g/mol. The van der Waals surface area contributed by atoms with Crippen LogP contribution in [0, 0.1) is 0 Å². The van der Waals surface area contributed by atoms with Gasteiger partial charge in [-0.3, -0.25) is 9.59 Å². The van der Waals surface area contributed by atoms with Crippen LogP contribution >= 0.6 is 0 Å². The summed E-state index contributed by atoms with van der Waals surface area (Å²) in [5.41, 5.74) is 0. The van der Waals surface area contributed by atoms with Crippen LogP contribution in [0.2, 0.25) is 0 Å². The van der Waals surface area contributed by atoms with Crippen LogP contribution in [-0.2, 0) is 14.3 Å². The molecular formula is C79H149NO5. The van der Waals surface area contributed by atoms with Gasteiger partial charge in [0.05, 0.1) is 25.4 Å². The third kappa shape index (κ3) is 70.8. The number of unbranched alkanes of at least 4 members (excludes halogenated alkanes) is 55. The number of aliphatic hydroxyl groups excluding tert-OH is 2. The highest BCUT2D eigenvalue weighted by Gasteiger charge is 2.18. The molecule has 2 unspecified atom stereocenters. The molecule has 0 bridgehead atoms. The van der Waals surface area contributed by atoms with Gasteiger partial charge in [0.25, 0.3) is 0 Å². The van der Waals surface area contributed by atoms with E-state index in [0.29, 0.717) is 19.4 Å². The van der Waals surface area contributed by atoms with Crippen LogP contribution in [0.15, 0.2) is 48.6 Å². The molecule has 1 amide bonds. The van der Waals surface area contributed by atoms with Gasteiger partial charge in [0, 0.05) is 12.8 Å². The maximum atomic E-state index is 12.5. The highest BCUT2D eigenvalue weighted by atomic mass is 16.5. The minimum absolute atomic E-state index is 0.00873. The SMILES string of the molecule is CCCCCCCC/C=C\CCCCCCCCCCCC(=O)OCCCCCCCCCCC/C=C\C/C=C\CCCCCCCCCCCC(=O)NC(CO)C(O)/C=C/CCCCCCCCCCCCCCCCCCCCCCCC. The highest BCUT2D eigenvalue weighted by molar-refractivity contribution is 5.76. The predicted octanol–water partition coefficient (Wildman–Crippen LogP) is 25.2. The molecule has 2 atom stereocenters. The molecule has 0 rings (SSSR count). The molecule has 0 spiro atoms. The molecule has 0 aliphatic rings. The number of hydrogen-bond donors (Lipinski definition) is 3. The van der Waals surface area contributed by atoms with E-state index in [1.807, 2.05) is 6.08 Å². The molecule has 0 saturated carbocycles. The summed E-state index contributed by atoms with van der Waals surface area (Å²) < 4.78 is 5.51. The van der Waals surface area contributed by atoms with Gasteiger partial charge in [-0.25, -0.2) is 0 Å². The van der Waals surface area contributed by atoms with Crippen molar-refractivity contribution >= 4 is 11.9 Å². The Morgan fingerprint density at radius 2 is 0.588 bits per heavy atom. The normalized spacial score (nSPS) is 12.8. The van der Waals surface area contributed by atoms with Crippen molar-refractivity contribution in [2.24, 2.45) is 0 Å². The fourth-order valence-corrected chi connectivity index (χ4v) is 12.0. The van der Waals surface area contributed by atoms with Crippen LogP contribution in [0.5, 0.6) is 0 Å². The lowest BCUT2D eigenvalue weighted by Gasteiger charge is -2.20. The summed E-state index contributed by atoms with van der Waals surface area (Å²) in [4.78, 5) is 24.7. The topological polar surface area (TPSA) is 95.9 Å². The van der Waals surface area contributed by atoms with Crippen molar-refractivity contribution in [1.82, 2.24) is 5.32 Å². The molecule has 6 nitrogen and oxygen atoms in total. The highest BCUT2D eigenvalue weighted by Crippen LogP contribution is 2.19. The zero-order chi connectivity index (χ0) is 61.3. The number of amides is 1. The molecule has 0 aromatic rings. The largest absolute Gasteiger partial charge is 0.466 e. The van der Waals surface area contributed by atoms with E-state index in [1.54, 1.807) is 6.08 Å². The van der Waals surface area contributed by atoms with Gasteiger partial charge in [-0.15, -0.1) is 0 Å². The number of rotatable bonds is 72. The molecule has 3 N–H and O–H groups in total. The Morgan fingerprint density at radius 3 is 0.906 bits per heavy atom. The molecule has 0 aromatic carbocycles. The summed E-state index contributed by atoms with van der Waals surface area (Å²) in [5.74, 6) is -0.0615. The van der Waals surface area contributed by atoms with E-state index in [1.165, 1.54) is 340 Å². The number of esters is 1. The Kier molecular flexibility index (Phi) is 72.4. The molecule has 0 aromatic heterocycles. The van der Waals surface area contributed by atoms with Crippen LogP contribution in [-0.4, -0.2) is 47.4 Å². The van der Waals surface area contributed by atoms with E-state index in [4.69, 9.17) is 4.74 Å². The molecule has 0 heterocycles. The van der Waals surface area contributed by atoms with Crippen molar-refractivity contribution in [1.29, 1.82) is 0 Å². The van der Waals surface area contributed by atoms with E-state index >= 15 is 0 Å². The Bertz CT molecular complexity index is 1420. The van der Waals surface area contributed by atoms with Gasteiger partial charge >= 0.3 is 5.97 Å². The van der Waals surface area contributed by atoms with Crippen LogP contribution in [0.25, 0.3) is 0 Å². The van der Waals surface area contributed by atoms with Gasteiger partial charge in [0.2, 0.25) is 5.91 Å². The van der Waals surface area contributed by atoms with Gasteiger partial charge < -0.3 is 20.3 Å². The second kappa shape index (κ2) is 74.3. The summed E-state index contributed by atoms with van der Waals surface area (Å²) in [6.07, 6.45) is 97.8. The van der Waals surface area contributed by atoms with E-state index in [0.717, 1.165) is 51.4 Å². The Hall–Kier alpha value is -2.18. The zero-order valence-electron chi connectivity index (χ0n) is 57.4. The third-order valence-electron chi connectivity index (χ3n) is 17.8. The number of allylic oxidation sites excluding steroid dienone is 7. The van der Waals surface area contributed by atoms with Crippen molar-refractivity contribution in [2.75, 3.05) is 13.2 Å². The minimum atomic E-state index is -0.851. The van der Waals surface area contributed by atoms with Gasteiger partial charge in [-0.2, -0.15) is 0 Å². The lowest BCUT2D eigenvalue weighted by Crippen LogP contribution is -2.45. The number of carbonyl (C=O) groups excluding carboxylic acids is 2. The van der Waals surface area contributed by atoms with Gasteiger partial charge in [0.1, 0.15) is 0 Å². The lowest BCUT2D eigenvalue weighted by molar-refractivity contribution is -0.143. The molecule has 6 heteroatoms. The fourth-order valence-electron chi connectivity index (χ4n) is 12.0. The van der Waals surface area contributed by atoms with Crippen LogP contribution in [0.1, 0.15) is 418 Å². The van der Waals surface area contributed by atoms with E-state index in [2.05, 4.69) is 55.6 Å². The Labute approximate surface area is 531 Å². The second-order valence-corrected chi connectivity index (χ2v) is 26.3. The number of ether oxygens (including phenoxy) is 1. The van der Waals surface area contributed by atoms with Gasteiger partial charge in [-0.05, 0) is 89.9 Å². The summed E-state index contributed by atoms with van der Waals surface area (Å²) >= 11 is 0. The first-order valence-corrected chi connectivity index (χ1v) is 38.4. The molecule has 0 aliphatic heterocycles. The summed E-state index contributed by atoms with van der Waals surface area (Å²) in [5, 5.41) is 23.3. The molecule has 0 fully saturated rings. The van der Waals surface area contributed by atoms with Crippen LogP contribution < -0.4 is 5.32 Å². The average Bonchev–Trinajstić information content (AvgIpc) is 3.51. The first-order chi connectivity index (χ1) is 42.0. The van der Waals surface area contributed by atoms with Gasteiger partial charge in [-0.1, -0.05) is 364 Å². The van der Waals surface area contributed by atoms with Crippen molar-refractivity contribution in [3.8, 4) is 0 Å². The van der Waals surface area contributed by atoms with Crippen LogP contribution in [0.3, 0.4) is 0 Å². The van der Waals surface area contributed by atoms with Crippen molar-refractivity contribution in [3.05, 3.63) is 48.6 Å². The molecule has 0 radical (unpaired) electrons. The standard InChI is InChI=1S/C79H149NO5/c1-3-5-7-9-11-13-15-17-19-21-23-24-25-29-32-36-39-43-47-51-55-59-63-67-71-77(82)76(75-81)80-78(83)72-68-64-60-56-52-48-44-40-37-33-30-27-26-28-31-34-38-42-46-50-54-58-62-66-70-74-85-79(84)73-69-65-61-57-53-49-45-41-35-22-20-18-16-14-12-10-8-6-4-2/h18,20,27-28,30-31,67,71,76-77,81-82H,3-17,19,21-26,29,32-66,68-70,72-75H2,1-2H3,(H,80,83)/b20-18-,30-27-,31-28-,71-67+. The molecular weight excluding hydrogens is 1040 g/mol. The minimum Gasteiger partial charge on any atom is -0.466 e. The predicted molar refractivity (Wildman–Crippen MR) is 375 cm³/mol. The first-order valence-electron chi connectivity index (χ1n) is 38.4. The van der Waals surface area contributed by atoms with Crippen molar-refractivity contribution in [3.63, 3.8) is 0 Å². The lowest BCUT2D eigenvalue weighted by atomic mass is 10.0. The Balaban J connectivity index is 3.44. The van der Waals surface area contributed by atoms with E-state index in [-0.39, 0.29) is 18.5 Å². The average molecular weight is 1190 g/mol. The van der Waals surface area contributed by atoms with Crippen molar-refractivity contribution < 1.29 is 24.5 Å². The number of nitrogens with one attached hydrogen (secondary N) is 1. The third-order valence-corrected chi connectivity index (χ3v) is 17.8. The van der Waals surface area contributed by atoms with E-state index in [9.17, 15) is 19.8 Å². The number of hydrogen-bond acceptors (Lipinski definition) is 5. The quantitative estimate of drug-likeness (QED) is 0.0320. The Morgan fingerprint density at radius 1 is 0.329 bits per heavy atom. The van der Waals surface area contributed by atoms with E-state index < -0.39 is 12.1 Å². The van der Waals surface area contributed by atoms with Crippen molar-refractivity contribution in [2.45, 2.75) is 431 Å². The van der Waals surface area contributed by atoms with Crippen LogP contribution in [0.4, 0.5) is 0 Å². The molecule has 85 heavy (non-hydrogen) atoms. The fraction of sp³-hybridized carbons (Fsp3) is 0.873. The second-order valence-electron chi connectivity index (χ2n) is 26.3. The molecule has 0 saturated heterocycles. The zero-order valence-corrected chi connectivity index (χ0v) is 57.4. The molecule has 0 aliphatic carbocycles. The van der Waals surface area contributed by atoms with Gasteiger partial charge in [0.15, 0.2) is 0 Å². The summed E-state index contributed by atoms with van der Waals surface area (Å²) in [7, 11) is 0. The molecule has 500 valence electrons. The number of carbonyl (C=O) groups is 2. The number of aliphatic hydroxyl groups is 2. The first kappa shape index (κ1) is 82.8.